The molecule has 1 aromatic heterocycles. The first kappa shape index (κ1) is 18.3. The number of carbonyl (C=O) groups is 1. The number of benzene rings is 1. The first-order valence-electron chi connectivity index (χ1n) is 9.33. The topological polar surface area (TPSA) is 70.2 Å². The Kier molecular flexibility index (Phi) is 6.17. The fraction of sp³-hybridized carbons (Fsp3) is 0.450. The van der Waals surface area contributed by atoms with Crippen molar-refractivity contribution in [2.24, 2.45) is 0 Å². The van der Waals surface area contributed by atoms with E-state index in [0.717, 1.165) is 18.8 Å². The summed E-state index contributed by atoms with van der Waals surface area (Å²) in [5.41, 5.74) is 1.04. The summed E-state index contributed by atoms with van der Waals surface area (Å²) in [4.78, 5) is 14.7. The Bertz CT molecular complexity index is 704. The van der Waals surface area contributed by atoms with Gasteiger partial charge in [0.1, 0.15) is 5.82 Å². The molecule has 2 unspecified atom stereocenters. The van der Waals surface area contributed by atoms with Gasteiger partial charge in [0.15, 0.2) is 5.69 Å². The number of para-hydroxylation sites is 1. The van der Waals surface area contributed by atoms with E-state index in [4.69, 9.17) is 0 Å². The van der Waals surface area contributed by atoms with Crippen molar-refractivity contribution in [1.82, 2.24) is 15.1 Å². The third kappa shape index (κ3) is 4.79. The summed E-state index contributed by atoms with van der Waals surface area (Å²) in [6.45, 7) is 6.52. The second kappa shape index (κ2) is 8.76. The van der Waals surface area contributed by atoms with E-state index in [1.54, 1.807) is 12.1 Å². The average molecular weight is 353 g/mol. The number of carbonyl (C=O) groups excluding carboxylic acids is 1. The zero-order chi connectivity index (χ0) is 18.4. The van der Waals surface area contributed by atoms with Crippen LogP contribution in [-0.2, 0) is 0 Å². The molecule has 6 nitrogen and oxygen atoms in total. The fourth-order valence-corrected chi connectivity index (χ4v) is 3.41. The van der Waals surface area contributed by atoms with E-state index < -0.39 is 0 Å². The Hall–Kier alpha value is -2.47. The zero-order valence-electron chi connectivity index (χ0n) is 15.5. The minimum absolute atomic E-state index is 0.259. The van der Waals surface area contributed by atoms with Crippen LogP contribution in [0.4, 0.5) is 11.5 Å². The maximum absolute atomic E-state index is 12.2. The molecule has 1 fully saturated rings. The number of hydrogen-bond donors (Lipinski definition) is 2. The molecule has 0 saturated carbocycles. The van der Waals surface area contributed by atoms with Crippen molar-refractivity contribution in [2.45, 2.75) is 45.2 Å². The van der Waals surface area contributed by atoms with E-state index in [9.17, 15) is 4.79 Å². The molecule has 2 aromatic rings. The van der Waals surface area contributed by atoms with Gasteiger partial charge in [0.05, 0.1) is 0 Å². The molecule has 1 saturated heterocycles. The SMILES string of the molecule is CC1CCCCN1C(C)CNc1ccc(C(=O)Nc2ccccc2)nn1. The van der Waals surface area contributed by atoms with Gasteiger partial charge in [0.2, 0.25) is 0 Å². The second-order valence-electron chi connectivity index (χ2n) is 6.94. The Morgan fingerprint density at radius 2 is 2.00 bits per heavy atom. The number of nitrogens with zero attached hydrogens (tertiary/aromatic N) is 3. The van der Waals surface area contributed by atoms with Crippen LogP contribution in [0.25, 0.3) is 0 Å². The lowest BCUT2D eigenvalue weighted by Crippen LogP contribution is -2.46. The fourth-order valence-electron chi connectivity index (χ4n) is 3.41. The van der Waals surface area contributed by atoms with E-state index in [-0.39, 0.29) is 5.91 Å². The van der Waals surface area contributed by atoms with Gasteiger partial charge in [-0.05, 0) is 57.5 Å². The van der Waals surface area contributed by atoms with Crippen molar-refractivity contribution in [1.29, 1.82) is 0 Å². The Balaban J connectivity index is 1.52. The van der Waals surface area contributed by atoms with Crippen molar-refractivity contribution < 1.29 is 4.79 Å². The van der Waals surface area contributed by atoms with Crippen molar-refractivity contribution in [3.8, 4) is 0 Å². The summed E-state index contributed by atoms with van der Waals surface area (Å²) < 4.78 is 0. The van der Waals surface area contributed by atoms with E-state index in [0.29, 0.717) is 23.6 Å². The Labute approximate surface area is 155 Å². The van der Waals surface area contributed by atoms with Gasteiger partial charge >= 0.3 is 0 Å². The van der Waals surface area contributed by atoms with Crippen LogP contribution >= 0.6 is 0 Å². The summed E-state index contributed by atoms with van der Waals surface area (Å²) in [6, 6.07) is 13.9. The molecule has 1 aromatic carbocycles. The monoisotopic (exact) mass is 353 g/mol. The number of nitrogens with one attached hydrogen (secondary N) is 2. The van der Waals surface area contributed by atoms with Crippen LogP contribution in [0.1, 0.15) is 43.6 Å². The minimum Gasteiger partial charge on any atom is -0.367 e. The maximum Gasteiger partial charge on any atom is 0.276 e. The molecule has 3 rings (SSSR count). The van der Waals surface area contributed by atoms with Gasteiger partial charge in [-0.15, -0.1) is 10.2 Å². The third-order valence-electron chi connectivity index (χ3n) is 4.93. The van der Waals surface area contributed by atoms with E-state index in [2.05, 4.69) is 39.6 Å². The van der Waals surface area contributed by atoms with Crippen molar-refractivity contribution in [2.75, 3.05) is 23.7 Å². The lowest BCUT2D eigenvalue weighted by molar-refractivity contribution is 0.102. The van der Waals surface area contributed by atoms with Gasteiger partial charge in [-0.1, -0.05) is 24.6 Å². The van der Waals surface area contributed by atoms with Gasteiger partial charge in [0.25, 0.3) is 5.91 Å². The smallest absolute Gasteiger partial charge is 0.276 e. The van der Waals surface area contributed by atoms with Crippen LogP contribution in [0.15, 0.2) is 42.5 Å². The second-order valence-corrected chi connectivity index (χ2v) is 6.94. The van der Waals surface area contributed by atoms with Crippen LogP contribution < -0.4 is 10.6 Å². The number of rotatable bonds is 6. The van der Waals surface area contributed by atoms with Gasteiger partial charge in [-0.3, -0.25) is 9.69 Å². The molecule has 1 aliphatic heterocycles. The van der Waals surface area contributed by atoms with E-state index in [1.807, 2.05) is 30.3 Å². The maximum atomic E-state index is 12.2. The average Bonchev–Trinajstić information content (AvgIpc) is 2.67. The molecule has 2 atom stereocenters. The number of hydrogen-bond acceptors (Lipinski definition) is 5. The van der Waals surface area contributed by atoms with Crippen molar-refractivity contribution >= 4 is 17.4 Å². The third-order valence-corrected chi connectivity index (χ3v) is 4.93. The lowest BCUT2D eigenvalue weighted by atomic mass is 10.0. The summed E-state index contributed by atoms with van der Waals surface area (Å²) in [5.74, 6) is 0.434. The van der Waals surface area contributed by atoms with Crippen LogP contribution in [0.5, 0.6) is 0 Å². The Morgan fingerprint density at radius 1 is 1.19 bits per heavy atom. The highest BCUT2D eigenvalue weighted by Crippen LogP contribution is 2.19. The molecule has 2 heterocycles. The summed E-state index contributed by atoms with van der Waals surface area (Å²) in [6.07, 6.45) is 3.88. The van der Waals surface area contributed by atoms with Crippen molar-refractivity contribution in [3.63, 3.8) is 0 Å². The predicted molar refractivity (Wildman–Crippen MR) is 104 cm³/mol. The van der Waals surface area contributed by atoms with E-state index >= 15 is 0 Å². The Morgan fingerprint density at radius 3 is 2.69 bits per heavy atom. The highest BCUT2D eigenvalue weighted by molar-refractivity contribution is 6.02. The van der Waals surface area contributed by atoms with Gasteiger partial charge < -0.3 is 10.6 Å². The summed E-state index contributed by atoms with van der Waals surface area (Å²) in [5, 5.41) is 14.3. The number of likely N-dealkylation sites (tertiary alicyclic amines) is 1. The predicted octanol–water partition coefficient (Wildman–Crippen LogP) is 3.40. The molecular weight excluding hydrogens is 326 g/mol. The van der Waals surface area contributed by atoms with Crippen molar-refractivity contribution in [3.05, 3.63) is 48.2 Å². The molecule has 1 aliphatic rings. The molecule has 0 spiro atoms. The number of piperidine rings is 1. The zero-order valence-corrected chi connectivity index (χ0v) is 15.5. The first-order valence-corrected chi connectivity index (χ1v) is 9.33. The van der Waals surface area contributed by atoms with Crippen LogP contribution in [0, 0.1) is 0 Å². The molecule has 6 heteroatoms. The highest BCUT2D eigenvalue weighted by Gasteiger charge is 2.22. The van der Waals surface area contributed by atoms with Gasteiger partial charge in [-0.2, -0.15) is 0 Å². The normalized spacial score (nSPS) is 18.9. The van der Waals surface area contributed by atoms with E-state index in [1.165, 1.54) is 19.3 Å². The molecule has 0 bridgehead atoms. The molecule has 0 aliphatic carbocycles. The van der Waals surface area contributed by atoms with Crippen LogP contribution in [-0.4, -0.2) is 46.2 Å². The largest absolute Gasteiger partial charge is 0.367 e. The van der Waals surface area contributed by atoms with Gasteiger partial charge in [0, 0.05) is 24.3 Å². The molecular formula is C20H27N5O. The lowest BCUT2D eigenvalue weighted by Gasteiger charge is -2.38. The highest BCUT2D eigenvalue weighted by atomic mass is 16.1. The standard InChI is InChI=1S/C20H27N5O/c1-15-8-6-7-13-25(15)16(2)14-21-19-12-11-18(23-24-19)20(26)22-17-9-4-3-5-10-17/h3-5,9-12,15-16H,6-8,13-14H2,1-2H3,(H,21,24)(H,22,26). The first-order chi connectivity index (χ1) is 12.6. The number of aromatic nitrogens is 2. The molecule has 1 amide bonds. The van der Waals surface area contributed by atoms with Crippen LogP contribution in [0.3, 0.4) is 0 Å². The van der Waals surface area contributed by atoms with Crippen LogP contribution in [0.2, 0.25) is 0 Å². The number of amides is 1. The molecule has 0 radical (unpaired) electrons. The minimum atomic E-state index is -0.259. The summed E-state index contributed by atoms with van der Waals surface area (Å²) in [7, 11) is 0. The number of anilines is 2. The van der Waals surface area contributed by atoms with Gasteiger partial charge in [-0.25, -0.2) is 0 Å². The summed E-state index contributed by atoms with van der Waals surface area (Å²) >= 11 is 0. The molecule has 26 heavy (non-hydrogen) atoms. The molecule has 2 N–H and O–H groups in total. The quantitative estimate of drug-likeness (QED) is 0.833. The molecule has 138 valence electrons.